The summed E-state index contributed by atoms with van der Waals surface area (Å²) in [5, 5.41) is 4.10. The fourth-order valence-electron chi connectivity index (χ4n) is 3.02. The van der Waals surface area contributed by atoms with Gasteiger partial charge in [-0.25, -0.2) is 4.98 Å². The van der Waals surface area contributed by atoms with Crippen LogP contribution in [0, 0.1) is 0 Å². The Bertz CT molecular complexity index is 838. The first kappa shape index (κ1) is 13.4. The third-order valence-corrected chi connectivity index (χ3v) is 4.33. The number of hydrogen-bond donors (Lipinski definition) is 1. The molecule has 2 N–H and O–H groups in total. The smallest absolute Gasteiger partial charge is 0.248 e. The van der Waals surface area contributed by atoms with Gasteiger partial charge in [0.25, 0.3) is 0 Å². The highest BCUT2D eigenvalue weighted by Crippen LogP contribution is 2.29. The lowest BCUT2D eigenvalue weighted by Gasteiger charge is -2.18. The largest absolute Gasteiger partial charge is 0.337 e. The number of rotatable bonds is 2. The normalized spacial score (nSPS) is 22.7. The molecular weight excluding hydrogens is 280 g/mol. The van der Waals surface area contributed by atoms with Crippen LogP contribution >= 0.6 is 0 Å². The summed E-state index contributed by atoms with van der Waals surface area (Å²) >= 11 is 0. The molecule has 0 saturated carbocycles. The van der Waals surface area contributed by atoms with Crippen molar-refractivity contribution in [3.8, 4) is 11.4 Å². The van der Waals surface area contributed by atoms with Gasteiger partial charge in [-0.1, -0.05) is 5.16 Å². The molecule has 7 heteroatoms. The minimum absolute atomic E-state index is 0.507. The summed E-state index contributed by atoms with van der Waals surface area (Å²) in [6.07, 6.45) is 2.61. The average molecular weight is 298 g/mol. The van der Waals surface area contributed by atoms with E-state index in [1.807, 2.05) is 36.9 Å². The maximum absolute atomic E-state index is 6.40. The first-order chi connectivity index (χ1) is 10.5. The fourth-order valence-corrected chi connectivity index (χ4v) is 3.02. The minimum atomic E-state index is -0.547. The van der Waals surface area contributed by atoms with Gasteiger partial charge in [0, 0.05) is 25.7 Å². The maximum Gasteiger partial charge on any atom is 0.248 e. The van der Waals surface area contributed by atoms with E-state index in [1.54, 1.807) is 6.33 Å². The first-order valence-corrected chi connectivity index (χ1v) is 7.28. The van der Waals surface area contributed by atoms with E-state index in [9.17, 15) is 0 Å². The molecule has 0 spiro atoms. The summed E-state index contributed by atoms with van der Waals surface area (Å²) in [6, 6.07) is 5.95. The highest BCUT2D eigenvalue weighted by Gasteiger charge is 2.39. The Morgan fingerprint density at radius 2 is 2.18 bits per heavy atom. The zero-order valence-electron chi connectivity index (χ0n) is 12.7. The predicted octanol–water partition coefficient (Wildman–Crippen LogP) is 1.11. The fraction of sp³-hybridized carbons (Fsp3) is 0.400. The van der Waals surface area contributed by atoms with E-state index in [2.05, 4.69) is 20.0 Å². The van der Waals surface area contributed by atoms with E-state index in [0.717, 1.165) is 36.1 Å². The molecule has 1 atom stereocenters. The molecule has 1 saturated heterocycles. The summed E-state index contributed by atoms with van der Waals surface area (Å²) in [5.74, 6) is 1.06. The van der Waals surface area contributed by atoms with Crippen LogP contribution in [-0.2, 0) is 12.6 Å². The molecule has 22 heavy (non-hydrogen) atoms. The van der Waals surface area contributed by atoms with Crippen molar-refractivity contribution in [2.75, 3.05) is 20.1 Å². The second-order valence-electron chi connectivity index (χ2n) is 6.13. The molecule has 7 nitrogen and oxygen atoms in total. The lowest BCUT2D eigenvalue weighted by molar-refractivity contribution is 0.278. The molecule has 1 aliphatic heterocycles. The van der Waals surface area contributed by atoms with Crippen molar-refractivity contribution in [2.45, 2.75) is 12.0 Å². The summed E-state index contributed by atoms with van der Waals surface area (Å²) in [5.41, 5.74) is 8.72. The summed E-state index contributed by atoms with van der Waals surface area (Å²) in [4.78, 5) is 11.0. The number of aromatic nitrogens is 4. The van der Waals surface area contributed by atoms with Gasteiger partial charge in [0.1, 0.15) is 5.54 Å². The zero-order valence-corrected chi connectivity index (χ0v) is 12.7. The molecule has 1 fully saturated rings. The van der Waals surface area contributed by atoms with Crippen molar-refractivity contribution in [1.29, 1.82) is 0 Å². The molecule has 2 aromatic heterocycles. The summed E-state index contributed by atoms with van der Waals surface area (Å²) < 4.78 is 7.41. The Morgan fingerprint density at radius 1 is 1.32 bits per heavy atom. The van der Waals surface area contributed by atoms with Gasteiger partial charge in [-0.3, -0.25) is 0 Å². The Morgan fingerprint density at radius 3 is 2.95 bits per heavy atom. The van der Waals surface area contributed by atoms with Gasteiger partial charge >= 0.3 is 0 Å². The van der Waals surface area contributed by atoms with Gasteiger partial charge in [0.2, 0.25) is 11.7 Å². The van der Waals surface area contributed by atoms with Crippen molar-refractivity contribution in [3.05, 3.63) is 30.4 Å². The number of likely N-dealkylation sites (tertiary alicyclic amines) is 1. The van der Waals surface area contributed by atoms with Crippen LogP contribution in [0.3, 0.4) is 0 Å². The Hall–Kier alpha value is -2.25. The van der Waals surface area contributed by atoms with Crippen molar-refractivity contribution < 1.29 is 4.52 Å². The number of fused-ring (bicyclic) bond motifs is 1. The molecule has 3 heterocycles. The van der Waals surface area contributed by atoms with Crippen molar-refractivity contribution in [1.82, 2.24) is 24.6 Å². The second kappa shape index (κ2) is 4.62. The van der Waals surface area contributed by atoms with Crippen LogP contribution in [0.1, 0.15) is 12.3 Å². The Kier molecular flexibility index (Phi) is 2.82. The number of nitrogens with two attached hydrogens (primary N) is 1. The van der Waals surface area contributed by atoms with E-state index in [-0.39, 0.29) is 0 Å². The predicted molar refractivity (Wildman–Crippen MR) is 82.0 cm³/mol. The molecule has 3 aromatic rings. The third-order valence-electron chi connectivity index (χ3n) is 4.33. The van der Waals surface area contributed by atoms with E-state index < -0.39 is 5.54 Å². The van der Waals surface area contributed by atoms with Crippen LogP contribution in [0.15, 0.2) is 29.0 Å². The van der Waals surface area contributed by atoms with Gasteiger partial charge in [-0.05, 0) is 31.7 Å². The summed E-state index contributed by atoms with van der Waals surface area (Å²) in [7, 11) is 4.01. The monoisotopic (exact) mass is 298 g/mol. The number of likely N-dealkylation sites (N-methyl/N-ethyl adjacent to an activating group) is 1. The molecule has 0 amide bonds. The molecule has 114 valence electrons. The van der Waals surface area contributed by atoms with Gasteiger partial charge in [-0.15, -0.1) is 0 Å². The number of benzene rings is 1. The first-order valence-electron chi connectivity index (χ1n) is 7.28. The lowest BCUT2D eigenvalue weighted by atomic mass is 10.0. The number of nitrogens with zero attached hydrogens (tertiary/aromatic N) is 5. The van der Waals surface area contributed by atoms with Crippen LogP contribution in [-0.4, -0.2) is 44.7 Å². The molecule has 0 aliphatic carbocycles. The van der Waals surface area contributed by atoms with Gasteiger partial charge in [0.05, 0.1) is 17.4 Å². The van der Waals surface area contributed by atoms with Crippen molar-refractivity contribution in [3.63, 3.8) is 0 Å². The Labute approximate surface area is 127 Å². The zero-order chi connectivity index (χ0) is 15.3. The van der Waals surface area contributed by atoms with Crippen LogP contribution in [0.5, 0.6) is 0 Å². The molecule has 4 rings (SSSR count). The van der Waals surface area contributed by atoms with E-state index >= 15 is 0 Å². The topological polar surface area (TPSA) is 86.0 Å². The number of aryl methyl sites for hydroxylation is 1. The van der Waals surface area contributed by atoms with Crippen LogP contribution in [0.2, 0.25) is 0 Å². The minimum Gasteiger partial charge on any atom is -0.337 e. The van der Waals surface area contributed by atoms with Crippen LogP contribution in [0.25, 0.3) is 22.4 Å². The summed E-state index contributed by atoms with van der Waals surface area (Å²) in [6.45, 7) is 1.67. The van der Waals surface area contributed by atoms with Crippen LogP contribution < -0.4 is 5.73 Å². The molecular formula is C15H18N6O. The van der Waals surface area contributed by atoms with Gasteiger partial charge in [-0.2, -0.15) is 4.98 Å². The number of imidazole rings is 1. The van der Waals surface area contributed by atoms with Gasteiger partial charge in [0.15, 0.2) is 0 Å². The van der Waals surface area contributed by atoms with Crippen molar-refractivity contribution >= 4 is 11.0 Å². The Balaban J connectivity index is 1.70. The highest BCUT2D eigenvalue weighted by atomic mass is 16.5. The maximum atomic E-state index is 6.40. The van der Waals surface area contributed by atoms with E-state index in [1.165, 1.54) is 0 Å². The lowest BCUT2D eigenvalue weighted by Crippen LogP contribution is -2.39. The quantitative estimate of drug-likeness (QED) is 0.763. The van der Waals surface area contributed by atoms with E-state index in [4.69, 9.17) is 10.3 Å². The molecule has 1 aliphatic rings. The molecule has 0 bridgehead atoms. The third kappa shape index (κ3) is 2.01. The molecule has 1 unspecified atom stereocenters. The highest BCUT2D eigenvalue weighted by molar-refractivity contribution is 5.80. The number of hydrogen-bond acceptors (Lipinski definition) is 6. The van der Waals surface area contributed by atoms with Gasteiger partial charge < -0.3 is 19.7 Å². The van der Waals surface area contributed by atoms with Crippen molar-refractivity contribution in [2.24, 2.45) is 12.8 Å². The van der Waals surface area contributed by atoms with E-state index in [0.29, 0.717) is 11.7 Å². The SMILES string of the molecule is CN1CCC(N)(c2nc(-c3ccc4c(c3)ncn4C)no2)C1. The standard InChI is InChI=1S/C15H18N6O/c1-20-6-5-15(16,8-20)14-18-13(19-22-14)10-3-4-12-11(7-10)17-9-21(12)2/h3-4,7,9H,5-6,8,16H2,1-2H3. The average Bonchev–Trinajstić information content (AvgIpc) is 3.20. The molecule has 1 aromatic carbocycles. The second-order valence-corrected chi connectivity index (χ2v) is 6.13. The van der Waals surface area contributed by atoms with Crippen LogP contribution in [0.4, 0.5) is 0 Å². The molecule has 0 radical (unpaired) electrons.